The van der Waals surface area contributed by atoms with Gasteiger partial charge in [0.1, 0.15) is 0 Å². The molecule has 2 unspecified atom stereocenters. The highest BCUT2D eigenvalue weighted by Crippen LogP contribution is 2.21. The monoisotopic (exact) mass is 266 g/mol. The van der Waals surface area contributed by atoms with Gasteiger partial charge in [-0.1, -0.05) is 12.1 Å². The van der Waals surface area contributed by atoms with Crippen LogP contribution in [0.3, 0.4) is 0 Å². The zero-order chi connectivity index (χ0) is 13.8. The van der Waals surface area contributed by atoms with Gasteiger partial charge in [-0.2, -0.15) is 4.98 Å². The van der Waals surface area contributed by atoms with Crippen molar-refractivity contribution >= 4 is 6.03 Å². The predicted octanol–water partition coefficient (Wildman–Crippen LogP) is 1.75. The Bertz CT molecular complexity index is 432. The van der Waals surface area contributed by atoms with Crippen LogP contribution in [0.1, 0.15) is 38.4 Å². The molecule has 0 aromatic carbocycles. The summed E-state index contributed by atoms with van der Waals surface area (Å²) in [6, 6.07) is 0.324. The minimum atomic E-state index is 0.00985. The third-order valence-corrected chi connectivity index (χ3v) is 3.58. The molecule has 1 aliphatic heterocycles. The minimum Gasteiger partial charge on any atom is -0.339 e. The average molecular weight is 266 g/mol. The predicted molar refractivity (Wildman–Crippen MR) is 70.7 cm³/mol. The van der Waals surface area contributed by atoms with Crippen LogP contribution in [0.25, 0.3) is 0 Å². The van der Waals surface area contributed by atoms with Crippen molar-refractivity contribution in [2.24, 2.45) is 5.92 Å². The smallest absolute Gasteiger partial charge is 0.317 e. The van der Waals surface area contributed by atoms with Gasteiger partial charge < -0.3 is 14.7 Å². The Morgan fingerprint density at radius 1 is 1.53 bits per heavy atom. The van der Waals surface area contributed by atoms with E-state index in [4.69, 9.17) is 4.52 Å². The third kappa shape index (κ3) is 3.68. The maximum atomic E-state index is 12.1. The lowest BCUT2D eigenvalue weighted by molar-refractivity contribution is 0.139. The van der Waals surface area contributed by atoms with Crippen LogP contribution < -0.4 is 5.32 Å². The summed E-state index contributed by atoms with van der Waals surface area (Å²) in [5.41, 5.74) is 0. The summed E-state index contributed by atoms with van der Waals surface area (Å²) in [6.45, 7) is 7.50. The van der Waals surface area contributed by atoms with Crippen LogP contribution in [0.4, 0.5) is 4.79 Å². The van der Waals surface area contributed by atoms with Crippen LogP contribution >= 0.6 is 0 Å². The zero-order valence-electron chi connectivity index (χ0n) is 11.8. The Morgan fingerprint density at radius 2 is 2.32 bits per heavy atom. The van der Waals surface area contributed by atoms with Crippen molar-refractivity contribution in [1.29, 1.82) is 0 Å². The second-order valence-corrected chi connectivity index (χ2v) is 5.39. The summed E-state index contributed by atoms with van der Waals surface area (Å²) < 4.78 is 5.00. The number of amides is 2. The van der Waals surface area contributed by atoms with Gasteiger partial charge in [-0.25, -0.2) is 4.79 Å². The van der Waals surface area contributed by atoms with Gasteiger partial charge in [-0.15, -0.1) is 0 Å². The van der Waals surface area contributed by atoms with E-state index in [2.05, 4.69) is 29.3 Å². The Hall–Kier alpha value is -1.59. The van der Waals surface area contributed by atoms with Crippen LogP contribution in [0, 0.1) is 12.8 Å². The first-order chi connectivity index (χ1) is 9.06. The van der Waals surface area contributed by atoms with Crippen molar-refractivity contribution in [3.8, 4) is 0 Å². The number of aryl methyl sites for hydroxylation is 1. The van der Waals surface area contributed by atoms with Crippen molar-refractivity contribution in [3.63, 3.8) is 0 Å². The number of carbonyl (C=O) groups excluding carboxylic acids is 1. The fourth-order valence-corrected chi connectivity index (χ4v) is 2.53. The normalized spacial score (nSPS) is 23.4. The molecule has 0 spiro atoms. The average Bonchev–Trinajstić information content (AvgIpc) is 2.75. The molecule has 1 fully saturated rings. The molecule has 2 amide bonds. The Kier molecular flexibility index (Phi) is 4.39. The molecule has 6 nitrogen and oxygen atoms in total. The highest BCUT2D eigenvalue weighted by Gasteiger charge is 2.26. The van der Waals surface area contributed by atoms with E-state index in [0.717, 1.165) is 19.4 Å². The molecule has 6 heteroatoms. The molecule has 1 aromatic heterocycles. The van der Waals surface area contributed by atoms with Crippen molar-refractivity contribution in [1.82, 2.24) is 20.4 Å². The van der Waals surface area contributed by atoms with Crippen molar-refractivity contribution < 1.29 is 9.32 Å². The summed E-state index contributed by atoms with van der Waals surface area (Å²) in [6.07, 6.45) is 2.74. The number of urea groups is 1. The maximum absolute atomic E-state index is 12.1. The molecule has 1 saturated heterocycles. The van der Waals surface area contributed by atoms with Gasteiger partial charge in [0.2, 0.25) is 5.89 Å². The third-order valence-electron chi connectivity index (χ3n) is 3.58. The Labute approximate surface area is 113 Å². The quantitative estimate of drug-likeness (QED) is 0.904. The fourth-order valence-electron chi connectivity index (χ4n) is 2.53. The molecule has 1 N–H and O–H groups in total. The van der Waals surface area contributed by atoms with Gasteiger partial charge in [0.05, 0.1) is 0 Å². The number of rotatable bonds is 3. The van der Waals surface area contributed by atoms with Gasteiger partial charge >= 0.3 is 6.03 Å². The first-order valence-electron chi connectivity index (χ1n) is 6.90. The van der Waals surface area contributed by atoms with Crippen molar-refractivity contribution in [2.45, 2.75) is 46.1 Å². The number of likely N-dealkylation sites (tertiary alicyclic amines) is 1. The van der Waals surface area contributed by atoms with Gasteiger partial charge in [-0.3, -0.25) is 0 Å². The highest BCUT2D eigenvalue weighted by atomic mass is 16.5. The molecule has 1 aliphatic rings. The van der Waals surface area contributed by atoms with Crippen LogP contribution in [0.2, 0.25) is 0 Å². The summed E-state index contributed by atoms with van der Waals surface area (Å²) in [5.74, 6) is 1.90. The van der Waals surface area contributed by atoms with Gasteiger partial charge in [0.25, 0.3) is 0 Å². The molecule has 1 aromatic rings. The first kappa shape index (κ1) is 13.8. The topological polar surface area (TPSA) is 71.3 Å². The molecule has 0 radical (unpaired) electrons. The van der Waals surface area contributed by atoms with E-state index < -0.39 is 0 Å². The van der Waals surface area contributed by atoms with Crippen LogP contribution in [0.15, 0.2) is 4.52 Å². The summed E-state index contributed by atoms with van der Waals surface area (Å²) in [7, 11) is 0. The van der Waals surface area contributed by atoms with Gasteiger partial charge in [-0.05, 0) is 32.6 Å². The van der Waals surface area contributed by atoms with E-state index >= 15 is 0 Å². The second-order valence-electron chi connectivity index (χ2n) is 5.39. The number of nitrogens with one attached hydrogen (secondary N) is 1. The largest absolute Gasteiger partial charge is 0.339 e. The molecule has 2 heterocycles. The number of piperidine rings is 1. The van der Waals surface area contributed by atoms with Gasteiger partial charge in [0, 0.05) is 25.6 Å². The van der Waals surface area contributed by atoms with E-state index in [1.165, 1.54) is 0 Å². The van der Waals surface area contributed by atoms with Crippen LogP contribution in [0.5, 0.6) is 0 Å². The van der Waals surface area contributed by atoms with E-state index in [1.54, 1.807) is 6.92 Å². The minimum absolute atomic E-state index is 0.00985. The lowest BCUT2D eigenvalue weighted by atomic mass is 9.94. The number of aromatic nitrogens is 2. The standard InChI is InChI=1S/C13H22N4O2/c1-9-5-7-17(10(2)8-9)13(18)14-6-4-12-15-11(3)16-19-12/h9-10H,4-8H2,1-3H3,(H,14,18). The van der Waals surface area contributed by atoms with Gasteiger partial charge in [0.15, 0.2) is 5.82 Å². The maximum Gasteiger partial charge on any atom is 0.317 e. The summed E-state index contributed by atoms with van der Waals surface area (Å²) in [5, 5.41) is 6.63. The van der Waals surface area contributed by atoms with E-state index in [1.807, 2.05) is 4.90 Å². The molecular formula is C13H22N4O2. The number of carbonyl (C=O) groups is 1. The molecule has 2 atom stereocenters. The lowest BCUT2D eigenvalue weighted by Gasteiger charge is -2.36. The van der Waals surface area contributed by atoms with Crippen LogP contribution in [-0.4, -0.2) is 40.2 Å². The van der Waals surface area contributed by atoms with Crippen molar-refractivity contribution in [3.05, 3.63) is 11.7 Å². The molecule has 0 saturated carbocycles. The molecule has 2 rings (SSSR count). The molecule has 0 bridgehead atoms. The molecule has 106 valence electrons. The second kappa shape index (κ2) is 6.04. The molecule has 0 aliphatic carbocycles. The first-order valence-corrected chi connectivity index (χ1v) is 6.90. The zero-order valence-corrected chi connectivity index (χ0v) is 11.8. The summed E-state index contributed by atoms with van der Waals surface area (Å²) >= 11 is 0. The van der Waals surface area contributed by atoms with Crippen molar-refractivity contribution in [2.75, 3.05) is 13.1 Å². The Morgan fingerprint density at radius 3 is 2.95 bits per heavy atom. The highest BCUT2D eigenvalue weighted by molar-refractivity contribution is 5.74. The Balaban J connectivity index is 1.75. The molecular weight excluding hydrogens is 244 g/mol. The summed E-state index contributed by atoms with van der Waals surface area (Å²) in [4.78, 5) is 18.1. The number of hydrogen-bond acceptors (Lipinski definition) is 4. The SMILES string of the molecule is Cc1noc(CCNC(=O)N2CCC(C)CC2C)n1. The van der Waals surface area contributed by atoms with Crippen LogP contribution in [-0.2, 0) is 6.42 Å². The molecule has 19 heavy (non-hydrogen) atoms. The number of hydrogen-bond donors (Lipinski definition) is 1. The van der Waals surface area contributed by atoms with E-state index in [9.17, 15) is 4.79 Å². The van der Waals surface area contributed by atoms with E-state index in [0.29, 0.717) is 36.6 Å². The fraction of sp³-hybridized carbons (Fsp3) is 0.769. The number of nitrogens with zero attached hydrogens (tertiary/aromatic N) is 3. The lowest BCUT2D eigenvalue weighted by Crippen LogP contribution is -2.49. The van der Waals surface area contributed by atoms with E-state index in [-0.39, 0.29) is 6.03 Å².